The number of nitrogen functional groups attached to an aromatic ring is 1. The lowest BCUT2D eigenvalue weighted by molar-refractivity contribution is 0.0964. The third-order valence-corrected chi connectivity index (χ3v) is 2.84. The highest BCUT2D eigenvalue weighted by atomic mass is 16.1. The van der Waals surface area contributed by atoms with Gasteiger partial charge in [-0.25, -0.2) is 0 Å². The number of carbonyl (C=O) groups is 1. The molecule has 0 aliphatic carbocycles. The van der Waals surface area contributed by atoms with Gasteiger partial charge in [0.25, 0.3) is 5.91 Å². The standard InChI is InChI=1S/C15H17N3O/c1-17-15(19)13-9-12(16)7-8-14(13)18-10-11-5-3-2-4-6-11/h2-9,18H,10,16H2,1H3,(H,17,19). The lowest BCUT2D eigenvalue weighted by Crippen LogP contribution is -2.20. The molecule has 0 spiro atoms. The molecular formula is C15H17N3O. The lowest BCUT2D eigenvalue weighted by atomic mass is 10.1. The number of rotatable bonds is 4. The molecular weight excluding hydrogens is 238 g/mol. The summed E-state index contributed by atoms with van der Waals surface area (Å²) in [5, 5.41) is 5.87. The van der Waals surface area contributed by atoms with Crippen LogP contribution in [0.25, 0.3) is 0 Å². The second-order valence-electron chi connectivity index (χ2n) is 4.22. The number of amides is 1. The quantitative estimate of drug-likeness (QED) is 0.734. The first-order valence-corrected chi connectivity index (χ1v) is 6.10. The van der Waals surface area contributed by atoms with Crippen LogP contribution in [0, 0.1) is 0 Å². The molecule has 0 unspecified atom stereocenters. The van der Waals surface area contributed by atoms with Crippen molar-refractivity contribution >= 4 is 17.3 Å². The van der Waals surface area contributed by atoms with Crippen molar-refractivity contribution < 1.29 is 4.79 Å². The molecule has 4 nitrogen and oxygen atoms in total. The van der Waals surface area contributed by atoms with E-state index in [1.54, 1.807) is 19.2 Å². The number of nitrogens with two attached hydrogens (primary N) is 1. The summed E-state index contributed by atoms with van der Waals surface area (Å²) in [5.41, 5.74) is 8.78. The Hall–Kier alpha value is -2.49. The molecule has 19 heavy (non-hydrogen) atoms. The summed E-state index contributed by atoms with van der Waals surface area (Å²) in [6, 6.07) is 15.3. The second kappa shape index (κ2) is 5.91. The molecule has 0 saturated carbocycles. The first kappa shape index (κ1) is 13.0. The summed E-state index contributed by atoms with van der Waals surface area (Å²) < 4.78 is 0. The largest absolute Gasteiger partial charge is 0.399 e. The van der Waals surface area contributed by atoms with Crippen LogP contribution in [0.3, 0.4) is 0 Å². The highest BCUT2D eigenvalue weighted by molar-refractivity contribution is 6.00. The summed E-state index contributed by atoms with van der Waals surface area (Å²) in [6.07, 6.45) is 0. The Morgan fingerprint density at radius 1 is 1.16 bits per heavy atom. The lowest BCUT2D eigenvalue weighted by Gasteiger charge is -2.12. The topological polar surface area (TPSA) is 67.2 Å². The predicted molar refractivity (Wildman–Crippen MR) is 78.0 cm³/mol. The van der Waals surface area contributed by atoms with Gasteiger partial charge in [0.2, 0.25) is 0 Å². The summed E-state index contributed by atoms with van der Waals surface area (Å²) in [7, 11) is 1.60. The zero-order valence-electron chi connectivity index (χ0n) is 10.8. The van der Waals surface area contributed by atoms with Crippen LogP contribution in [0.2, 0.25) is 0 Å². The van der Waals surface area contributed by atoms with E-state index in [1.165, 1.54) is 0 Å². The molecule has 2 rings (SSSR count). The molecule has 4 N–H and O–H groups in total. The summed E-state index contributed by atoms with van der Waals surface area (Å²) in [6.45, 7) is 0.661. The summed E-state index contributed by atoms with van der Waals surface area (Å²) in [5.74, 6) is -0.150. The zero-order valence-corrected chi connectivity index (χ0v) is 10.8. The SMILES string of the molecule is CNC(=O)c1cc(N)ccc1NCc1ccccc1. The van der Waals surface area contributed by atoms with Gasteiger partial charge in [0, 0.05) is 25.0 Å². The third kappa shape index (κ3) is 3.25. The maximum absolute atomic E-state index is 11.8. The molecule has 1 amide bonds. The van der Waals surface area contributed by atoms with E-state index in [0.29, 0.717) is 17.8 Å². The Balaban J connectivity index is 2.18. The van der Waals surface area contributed by atoms with Gasteiger partial charge in [-0.2, -0.15) is 0 Å². The molecule has 2 aromatic carbocycles. The number of nitrogens with one attached hydrogen (secondary N) is 2. The van der Waals surface area contributed by atoms with E-state index < -0.39 is 0 Å². The molecule has 0 radical (unpaired) electrons. The number of hydrogen-bond donors (Lipinski definition) is 3. The minimum absolute atomic E-state index is 0.150. The summed E-state index contributed by atoms with van der Waals surface area (Å²) in [4.78, 5) is 11.8. The average Bonchev–Trinajstić information content (AvgIpc) is 2.46. The fourth-order valence-electron chi connectivity index (χ4n) is 1.83. The van der Waals surface area contributed by atoms with Crippen molar-refractivity contribution in [2.75, 3.05) is 18.1 Å². The predicted octanol–water partition coefficient (Wildman–Crippen LogP) is 2.24. The van der Waals surface area contributed by atoms with Gasteiger partial charge in [-0.1, -0.05) is 30.3 Å². The monoisotopic (exact) mass is 255 g/mol. The van der Waals surface area contributed by atoms with Crippen LogP contribution in [-0.2, 0) is 6.54 Å². The van der Waals surface area contributed by atoms with Crippen molar-refractivity contribution in [2.45, 2.75) is 6.54 Å². The molecule has 0 heterocycles. The van der Waals surface area contributed by atoms with Gasteiger partial charge >= 0.3 is 0 Å². The Morgan fingerprint density at radius 2 is 1.89 bits per heavy atom. The molecule has 98 valence electrons. The van der Waals surface area contributed by atoms with E-state index in [4.69, 9.17) is 5.73 Å². The fourth-order valence-corrected chi connectivity index (χ4v) is 1.83. The maximum atomic E-state index is 11.8. The van der Waals surface area contributed by atoms with Crippen molar-refractivity contribution in [3.8, 4) is 0 Å². The molecule has 4 heteroatoms. The number of carbonyl (C=O) groups excluding carboxylic acids is 1. The van der Waals surface area contributed by atoms with E-state index in [9.17, 15) is 4.79 Å². The number of anilines is 2. The van der Waals surface area contributed by atoms with E-state index in [2.05, 4.69) is 10.6 Å². The van der Waals surface area contributed by atoms with Gasteiger partial charge in [0.1, 0.15) is 0 Å². The highest BCUT2D eigenvalue weighted by Crippen LogP contribution is 2.19. The summed E-state index contributed by atoms with van der Waals surface area (Å²) >= 11 is 0. The third-order valence-electron chi connectivity index (χ3n) is 2.84. The van der Waals surface area contributed by atoms with Crippen LogP contribution in [0.1, 0.15) is 15.9 Å². The molecule has 0 fully saturated rings. The molecule has 0 bridgehead atoms. The Kier molecular flexibility index (Phi) is 4.03. The Morgan fingerprint density at radius 3 is 2.58 bits per heavy atom. The van der Waals surface area contributed by atoms with Crippen LogP contribution in [0.5, 0.6) is 0 Å². The van der Waals surface area contributed by atoms with Crippen molar-refractivity contribution in [3.63, 3.8) is 0 Å². The van der Waals surface area contributed by atoms with E-state index >= 15 is 0 Å². The van der Waals surface area contributed by atoms with Gasteiger partial charge in [-0.05, 0) is 23.8 Å². The van der Waals surface area contributed by atoms with Crippen LogP contribution >= 0.6 is 0 Å². The number of hydrogen-bond acceptors (Lipinski definition) is 3. The maximum Gasteiger partial charge on any atom is 0.253 e. The fraction of sp³-hybridized carbons (Fsp3) is 0.133. The van der Waals surface area contributed by atoms with Gasteiger partial charge in [0.15, 0.2) is 0 Å². The molecule has 0 atom stereocenters. The van der Waals surface area contributed by atoms with Crippen LogP contribution in [0.4, 0.5) is 11.4 Å². The Labute approximate surface area is 112 Å². The first-order chi connectivity index (χ1) is 9.20. The zero-order chi connectivity index (χ0) is 13.7. The van der Waals surface area contributed by atoms with Crippen LogP contribution in [-0.4, -0.2) is 13.0 Å². The van der Waals surface area contributed by atoms with Crippen molar-refractivity contribution in [3.05, 3.63) is 59.7 Å². The van der Waals surface area contributed by atoms with Gasteiger partial charge < -0.3 is 16.4 Å². The molecule has 2 aromatic rings. The number of benzene rings is 2. The minimum atomic E-state index is -0.150. The molecule has 0 aromatic heterocycles. The van der Waals surface area contributed by atoms with E-state index in [0.717, 1.165) is 11.3 Å². The van der Waals surface area contributed by atoms with Gasteiger partial charge in [-0.3, -0.25) is 4.79 Å². The smallest absolute Gasteiger partial charge is 0.253 e. The first-order valence-electron chi connectivity index (χ1n) is 6.10. The van der Waals surface area contributed by atoms with E-state index in [-0.39, 0.29) is 5.91 Å². The average molecular weight is 255 g/mol. The molecule has 0 aliphatic heterocycles. The second-order valence-corrected chi connectivity index (χ2v) is 4.22. The van der Waals surface area contributed by atoms with Crippen LogP contribution in [0.15, 0.2) is 48.5 Å². The van der Waals surface area contributed by atoms with Crippen LogP contribution < -0.4 is 16.4 Å². The highest BCUT2D eigenvalue weighted by Gasteiger charge is 2.10. The molecule has 0 aliphatic rings. The normalized spacial score (nSPS) is 9.95. The molecule has 0 saturated heterocycles. The minimum Gasteiger partial charge on any atom is -0.399 e. The van der Waals surface area contributed by atoms with Crippen molar-refractivity contribution in [1.29, 1.82) is 0 Å². The Bertz CT molecular complexity index is 567. The van der Waals surface area contributed by atoms with Gasteiger partial charge in [-0.15, -0.1) is 0 Å². The van der Waals surface area contributed by atoms with Crippen molar-refractivity contribution in [2.24, 2.45) is 0 Å². The van der Waals surface area contributed by atoms with E-state index in [1.807, 2.05) is 36.4 Å². The van der Waals surface area contributed by atoms with Gasteiger partial charge in [0.05, 0.1) is 5.56 Å². The van der Waals surface area contributed by atoms with Crippen molar-refractivity contribution in [1.82, 2.24) is 5.32 Å².